The van der Waals surface area contributed by atoms with Crippen LogP contribution in [0.25, 0.3) is 65.7 Å². The number of nitrogens with zero attached hydrogens (tertiary/aromatic N) is 1. The van der Waals surface area contributed by atoms with Crippen LogP contribution in [0.1, 0.15) is 0 Å². The van der Waals surface area contributed by atoms with E-state index in [4.69, 9.17) is 4.42 Å². The average Bonchev–Trinajstić information content (AvgIpc) is 3.51. The lowest BCUT2D eigenvalue weighted by Crippen LogP contribution is -2.11. The number of benzene rings is 8. The normalized spacial score (nSPS) is 11.5. The first kappa shape index (κ1) is 26.3. The van der Waals surface area contributed by atoms with Crippen LogP contribution in [0.3, 0.4) is 0 Å². The second kappa shape index (κ2) is 10.8. The Balaban J connectivity index is 1.38. The minimum absolute atomic E-state index is 0.879. The molecule has 2 heteroatoms. The number of hydrogen-bond donors (Lipinski definition) is 0. The topological polar surface area (TPSA) is 16.4 Å². The number of anilines is 3. The predicted molar refractivity (Wildman–Crippen MR) is 194 cm³/mol. The fraction of sp³-hybridized carbons (Fsp3) is 0. The molecule has 216 valence electrons. The molecule has 0 saturated heterocycles. The minimum Gasteiger partial charge on any atom is -0.456 e. The van der Waals surface area contributed by atoms with Gasteiger partial charge in [-0.15, -0.1) is 0 Å². The van der Waals surface area contributed by atoms with Crippen molar-refractivity contribution in [3.63, 3.8) is 0 Å². The van der Waals surface area contributed by atoms with Crippen molar-refractivity contribution in [2.75, 3.05) is 4.90 Å². The van der Waals surface area contributed by atoms with Crippen LogP contribution in [0.5, 0.6) is 0 Å². The van der Waals surface area contributed by atoms with E-state index in [1.165, 1.54) is 32.7 Å². The molecule has 2 nitrogen and oxygen atoms in total. The molecule has 0 aliphatic heterocycles. The molecule has 0 fully saturated rings. The van der Waals surface area contributed by atoms with Gasteiger partial charge in [0.2, 0.25) is 0 Å². The average molecular weight is 588 g/mol. The molecule has 0 atom stereocenters. The van der Waals surface area contributed by atoms with Crippen LogP contribution in [0.4, 0.5) is 17.1 Å². The minimum atomic E-state index is 0.879. The van der Waals surface area contributed by atoms with E-state index in [1.807, 2.05) is 6.07 Å². The second-order valence-corrected chi connectivity index (χ2v) is 11.8. The number of rotatable bonds is 5. The van der Waals surface area contributed by atoms with E-state index in [0.29, 0.717) is 0 Å². The van der Waals surface area contributed by atoms with E-state index in [2.05, 4.69) is 175 Å². The molecule has 1 aromatic heterocycles. The van der Waals surface area contributed by atoms with Gasteiger partial charge in [-0.05, 0) is 86.8 Å². The maximum Gasteiger partial charge on any atom is 0.136 e. The van der Waals surface area contributed by atoms with Crippen molar-refractivity contribution in [3.8, 4) is 22.3 Å². The third kappa shape index (κ3) is 4.43. The van der Waals surface area contributed by atoms with Crippen LogP contribution in [-0.4, -0.2) is 0 Å². The summed E-state index contributed by atoms with van der Waals surface area (Å²) in [5.74, 6) is 0. The zero-order valence-electron chi connectivity index (χ0n) is 25.1. The summed E-state index contributed by atoms with van der Waals surface area (Å²) in [4.78, 5) is 2.41. The first-order chi connectivity index (χ1) is 22.8. The Morgan fingerprint density at radius 2 is 1.02 bits per heavy atom. The van der Waals surface area contributed by atoms with Gasteiger partial charge in [-0.1, -0.05) is 127 Å². The smallest absolute Gasteiger partial charge is 0.136 e. The Hall–Kier alpha value is -6.12. The lowest BCUT2D eigenvalue weighted by Gasteiger charge is -2.29. The van der Waals surface area contributed by atoms with Crippen LogP contribution < -0.4 is 4.90 Å². The van der Waals surface area contributed by atoms with Gasteiger partial charge in [-0.2, -0.15) is 0 Å². The van der Waals surface area contributed by atoms with Crippen LogP contribution in [-0.2, 0) is 0 Å². The highest BCUT2D eigenvalue weighted by atomic mass is 16.3. The van der Waals surface area contributed by atoms with E-state index in [-0.39, 0.29) is 0 Å². The monoisotopic (exact) mass is 587 g/mol. The summed E-state index contributed by atoms with van der Waals surface area (Å²) in [6.07, 6.45) is 0. The zero-order valence-corrected chi connectivity index (χ0v) is 25.1. The zero-order chi connectivity index (χ0) is 30.5. The molecule has 46 heavy (non-hydrogen) atoms. The van der Waals surface area contributed by atoms with Crippen molar-refractivity contribution >= 4 is 60.5 Å². The third-order valence-electron chi connectivity index (χ3n) is 9.00. The summed E-state index contributed by atoms with van der Waals surface area (Å²) >= 11 is 0. The molecule has 0 bridgehead atoms. The van der Waals surface area contributed by atoms with Gasteiger partial charge in [0.1, 0.15) is 11.2 Å². The molecule has 9 aromatic rings. The fourth-order valence-electron chi connectivity index (χ4n) is 6.83. The van der Waals surface area contributed by atoms with Crippen LogP contribution in [0, 0.1) is 0 Å². The van der Waals surface area contributed by atoms with Crippen molar-refractivity contribution in [2.24, 2.45) is 0 Å². The predicted octanol–water partition coefficient (Wildman–Crippen LogP) is 12.7. The molecule has 0 aliphatic rings. The van der Waals surface area contributed by atoms with E-state index in [9.17, 15) is 0 Å². The first-order valence-corrected chi connectivity index (χ1v) is 15.7. The molecule has 0 radical (unpaired) electrons. The van der Waals surface area contributed by atoms with Crippen molar-refractivity contribution in [1.29, 1.82) is 0 Å². The van der Waals surface area contributed by atoms with E-state index < -0.39 is 0 Å². The van der Waals surface area contributed by atoms with Crippen molar-refractivity contribution < 1.29 is 4.42 Å². The fourth-order valence-corrected chi connectivity index (χ4v) is 6.83. The number of hydrogen-bond acceptors (Lipinski definition) is 2. The summed E-state index contributed by atoms with van der Waals surface area (Å²) in [7, 11) is 0. The lowest BCUT2D eigenvalue weighted by atomic mass is 9.94. The highest BCUT2D eigenvalue weighted by Crippen LogP contribution is 2.48. The van der Waals surface area contributed by atoms with Crippen molar-refractivity contribution in [1.82, 2.24) is 0 Å². The Kier molecular flexibility index (Phi) is 6.17. The molecular weight excluding hydrogens is 558 g/mol. The van der Waals surface area contributed by atoms with Gasteiger partial charge < -0.3 is 9.32 Å². The van der Waals surface area contributed by atoms with Gasteiger partial charge in [0, 0.05) is 27.7 Å². The molecule has 8 aromatic carbocycles. The van der Waals surface area contributed by atoms with E-state index in [1.54, 1.807) is 0 Å². The van der Waals surface area contributed by atoms with Gasteiger partial charge in [-0.3, -0.25) is 0 Å². The van der Waals surface area contributed by atoms with Crippen molar-refractivity contribution in [3.05, 3.63) is 176 Å². The molecule has 0 N–H and O–H groups in total. The Bertz CT molecular complexity index is 2540. The summed E-state index contributed by atoms with van der Waals surface area (Å²) in [5, 5.41) is 7.08. The summed E-state index contributed by atoms with van der Waals surface area (Å²) < 4.78 is 6.46. The number of para-hydroxylation sites is 1. The summed E-state index contributed by atoms with van der Waals surface area (Å²) in [5.41, 5.74) is 9.70. The molecule has 0 spiro atoms. The molecule has 0 aliphatic carbocycles. The van der Waals surface area contributed by atoms with Gasteiger partial charge in [0.05, 0.1) is 5.69 Å². The van der Waals surface area contributed by atoms with Crippen LogP contribution >= 0.6 is 0 Å². The summed E-state index contributed by atoms with van der Waals surface area (Å²) in [6, 6.07) is 62.9. The van der Waals surface area contributed by atoms with Gasteiger partial charge >= 0.3 is 0 Å². The summed E-state index contributed by atoms with van der Waals surface area (Å²) in [6.45, 7) is 0. The number of furan rings is 1. The quantitative estimate of drug-likeness (QED) is 0.199. The maximum absolute atomic E-state index is 6.46. The largest absolute Gasteiger partial charge is 0.456 e. The maximum atomic E-state index is 6.46. The number of fused-ring (bicyclic) bond motifs is 5. The molecule has 0 unspecified atom stereocenters. The standard InChI is InChI=1S/C44H29NO/c1-2-11-30(12-3-1)35-17-10-18-37(28-35)45(38-24-23-32-14-5-7-16-34(32)29-38)40-25-26-42-44(39-19-8-9-20-41(39)46-42)43(40)36-22-21-31-13-4-6-15-33(31)27-36/h1-29H. The lowest BCUT2D eigenvalue weighted by molar-refractivity contribution is 0.669. The molecule has 1 heterocycles. The molecule has 9 rings (SSSR count). The molecule has 0 saturated carbocycles. The highest BCUT2D eigenvalue weighted by Gasteiger charge is 2.23. The molecular formula is C44H29NO. The SMILES string of the molecule is c1ccc(-c2cccc(N(c3ccc4ccccc4c3)c3ccc4oc5ccccc5c4c3-c3ccc4ccccc4c3)c2)cc1. The second-order valence-electron chi connectivity index (χ2n) is 11.8. The Morgan fingerprint density at radius 1 is 0.370 bits per heavy atom. The Morgan fingerprint density at radius 3 is 1.85 bits per heavy atom. The van der Waals surface area contributed by atoms with Gasteiger partial charge in [0.15, 0.2) is 0 Å². The van der Waals surface area contributed by atoms with Crippen LogP contribution in [0.2, 0.25) is 0 Å². The van der Waals surface area contributed by atoms with Gasteiger partial charge in [0.25, 0.3) is 0 Å². The Labute approximate surface area is 267 Å². The first-order valence-electron chi connectivity index (χ1n) is 15.7. The van der Waals surface area contributed by atoms with Crippen molar-refractivity contribution in [2.45, 2.75) is 0 Å². The van der Waals surface area contributed by atoms with Gasteiger partial charge in [-0.25, -0.2) is 0 Å². The van der Waals surface area contributed by atoms with Crippen LogP contribution in [0.15, 0.2) is 180 Å². The molecule has 0 amide bonds. The highest BCUT2D eigenvalue weighted by molar-refractivity contribution is 6.17. The van der Waals surface area contributed by atoms with E-state index in [0.717, 1.165) is 50.1 Å². The third-order valence-corrected chi connectivity index (χ3v) is 9.00. The van der Waals surface area contributed by atoms with E-state index >= 15 is 0 Å².